The summed E-state index contributed by atoms with van der Waals surface area (Å²) in [4.78, 5) is 0. The zero-order valence-electron chi connectivity index (χ0n) is 9.35. The van der Waals surface area contributed by atoms with Gasteiger partial charge in [-0.15, -0.1) is 0 Å². The molecule has 0 radical (unpaired) electrons. The van der Waals surface area contributed by atoms with Gasteiger partial charge in [0.25, 0.3) is 0 Å². The van der Waals surface area contributed by atoms with Crippen LogP contribution in [-0.4, -0.2) is 13.1 Å². The van der Waals surface area contributed by atoms with Crippen LogP contribution in [0, 0.1) is 11.7 Å². The Hall–Kier alpha value is -0.600. The van der Waals surface area contributed by atoms with E-state index in [2.05, 4.69) is 19.2 Å². The molecule has 0 saturated carbocycles. The van der Waals surface area contributed by atoms with Gasteiger partial charge in [0.15, 0.2) is 0 Å². The maximum atomic E-state index is 13.2. The van der Waals surface area contributed by atoms with Crippen LogP contribution in [0.2, 0.25) is 5.02 Å². The van der Waals surface area contributed by atoms with E-state index in [1.807, 2.05) is 13.1 Å². The molecule has 0 heterocycles. The maximum Gasteiger partial charge on any atom is 0.142 e. The Bertz CT molecular complexity index is 327. The maximum absolute atomic E-state index is 13.2. The van der Waals surface area contributed by atoms with Crippen LogP contribution in [0.5, 0.6) is 0 Å². The molecule has 1 aromatic rings. The molecule has 0 saturated heterocycles. The SMILES string of the molecule is CNC(C)C(C)Cc1cccc(F)c1Cl. The van der Waals surface area contributed by atoms with Crippen LogP contribution in [0.25, 0.3) is 0 Å². The van der Waals surface area contributed by atoms with E-state index in [4.69, 9.17) is 11.6 Å². The largest absolute Gasteiger partial charge is 0.317 e. The van der Waals surface area contributed by atoms with E-state index in [1.54, 1.807) is 6.07 Å². The van der Waals surface area contributed by atoms with E-state index < -0.39 is 0 Å². The molecule has 0 aliphatic rings. The fourth-order valence-corrected chi connectivity index (χ4v) is 1.72. The Morgan fingerprint density at radius 1 is 1.40 bits per heavy atom. The van der Waals surface area contributed by atoms with Crippen molar-refractivity contribution < 1.29 is 4.39 Å². The summed E-state index contributed by atoms with van der Waals surface area (Å²) in [7, 11) is 1.92. The molecule has 0 aliphatic heterocycles. The average molecular weight is 230 g/mol. The third kappa shape index (κ3) is 3.18. The smallest absolute Gasteiger partial charge is 0.142 e. The summed E-state index contributed by atoms with van der Waals surface area (Å²) in [5, 5.41) is 3.44. The van der Waals surface area contributed by atoms with Crippen LogP contribution in [-0.2, 0) is 6.42 Å². The summed E-state index contributed by atoms with van der Waals surface area (Å²) < 4.78 is 13.2. The van der Waals surface area contributed by atoms with Crippen LogP contribution in [0.1, 0.15) is 19.4 Å². The van der Waals surface area contributed by atoms with Gasteiger partial charge in [0.05, 0.1) is 5.02 Å². The van der Waals surface area contributed by atoms with Gasteiger partial charge >= 0.3 is 0 Å². The molecule has 1 nitrogen and oxygen atoms in total. The highest BCUT2D eigenvalue weighted by molar-refractivity contribution is 6.31. The van der Waals surface area contributed by atoms with Crippen molar-refractivity contribution in [2.24, 2.45) is 5.92 Å². The Kier molecular flexibility index (Phi) is 4.55. The Labute approximate surface area is 95.6 Å². The van der Waals surface area contributed by atoms with Crippen molar-refractivity contribution in [1.82, 2.24) is 5.32 Å². The minimum absolute atomic E-state index is 0.257. The van der Waals surface area contributed by atoms with Crippen molar-refractivity contribution in [2.75, 3.05) is 7.05 Å². The summed E-state index contributed by atoms with van der Waals surface area (Å²) in [6, 6.07) is 5.36. The molecule has 84 valence electrons. The predicted molar refractivity (Wildman–Crippen MR) is 62.8 cm³/mol. The van der Waals surface area contributed by atoms with E-state index in [0.717, 1.165) is 12.0 Å². The van der Waals surface area contributed by atoms with Gasteiger partial charge in [0.2, 0.25) is 0 Å². The number of benzene rings is 1. The van der Waals surface area contributed by atoms with Crippen molar-refractivity contribution in [2.45, 2.75) is 26.3 Å². The van der Waals surface area contributed by atoms with Crippen molar-refractivity contribution in [3.8, 4) is 0 Å². The molecule has 1 rings (SSSR count). The minimum atomic E-state index is -0.335. The molecule has 0 aliphatic carbocycles. The first-order valence-electron chi connectivity index (χ1n) is 5.16. The summed E-state index contributed by atoms with van der Waals surface area (Å²) in [5.41, 5.74) is 0.881. The zero-order valence-corrected chi connectivity index (χ0v) is 10.1. The number of halogens is 2. The van der Waals surface area contributed by atoms with Crippen LogP contribution in [0.15, 0.2) is 18.2 Å². The first-order valence-corrected chi connectivity index (χ1v) is 5.54. The van der Waals surface area contributed by atoms with Crippen molar-refractivity contribution >= 4 is 11.6 Å². The molecule has 0 spiro atoms. The van der Waals surface area contributed by atoms with Crippen molar-refractivity contribution in [3.05, 3.63) is 34.6 Å². The normalized spacial score (nSPS) is 15.0. The predicted octanol–water partition coefficient (Wildman–Crippen LogP) is 3.27. The first kappa shape index (κ1) is 12.5. The highest BCUT2D eigenvalue weighted by Crippen LogP contribution is 2.23. The van der Waals surface area contributed by atoms with Gasteiger partial charge in [-0.1, -0.05) is 30.7 Å². The molecule has 0 bridgehead atoms. The molecule has 0 aromatic heterocycles. The quantitative estimate of drug-likeness (QED) is 0.836. The molecule has 3 heteroatoms. The zero-order chi connectivity index (χ0) is 11.4. The van der Waals surface area contributed by atoms with Gasteiger partial charge in [-0.05, 0) is 37.9 Å². The monoisotopic (exact) mass is 229 g/mol. The van der Waals surface area contributed by atoms with Crippen molar-refractivity contribution in [3.63, 3.8) is 0 Å². The van der Waals surface area contributed by atoms with E-state index in [-0.39, 0.29) is 10.8 Å². The molecular weight excluding hydrogens is 213 g/mol. The fourth-order valence-electron chi connectivity index (χ4n) is 1.51. The summed E-state index contributed by atoms with van der Waals surface area (Å²) >= 11 is 5.89. The Morgan fingerprint density at radius 3 is 2.67 bits per heavy atom. The van der Waals surface area contributed by atoms with Crippen LogP contribution >= 0.6 is 11.6 Å². The molecule has 0 fully saturated rings. The van der Waals surface area contributed by atoms with Crippen LogP contribution in [0.4, 0.5) is 4.39 Å². The first-order chi connectivity index (χ1) is 7.06. The van der Waals surface area contributed by atoms with Gasteiger partial charge in [0.1, 0.15) is 5.82 Å². The molecule has 15 heavy (non-hydrogen) atoms. The Balaban J connectivity index is 2.76. The van der Waals surface area contributed by atoms with Gasteiger partial charge in [-0.3, -0.25) is 0 Å². The molecule has 2 atom stereocenters. The van der Waals surface area contributed by atoms with Gasteiger partial charge < -0.3 is 5.32 Å². The van der Waals surface area contributed by atoms with E-state index >= 15 is 0 Å². The lowest BCUT2D eigenvalue weighted by atomic mass is 9.95. The second-order valence-corrected chi connectivity index (χ2v) is 4.35. The van der Waals surface area contributed by atoms with Crippen LogP contribution in [0.3, 0.4) is 0 Å². The lowest BCUT2D eigenvalue weighted by Gasteiger charge is -2.19. The highest BCUT2D eigenvalue weighted by Gasteiger charge is 2.13. The highest BCUT2D eigenvalue weighted by atomic mass is 35.5. The topological polar surface area (TPSA) is 12.0 Å². The standard InChI is InChI=1S/C12H17ClFN/c1-8(9(2)15-3)7-10-5-4-6-11(14)12(10)13/h4-6,8-9,15H,7H2,1-3H3. The summed E-state index contributed by atoms with van der Waals surface area (Å²) in [6.07, 6.45) is 0.790. The third-order valence-electron chi connectivity index (χ3n) is 2.88. The molecule has 2 unspecified atom stereocenters. The number of rotatable bonds is 4. The number of nitrogens with one attached hydrogen (secondary N) is 1. The molecule has 1 N–H and O–H groups in total. The third-order valence-corrected chi connectivity index (χ3v) is 3.31. The van der Waals surface area contributed by atoms with Gasteiger partial charge in [-0.2, -0.15) is 0 Å². The molecule has 1 aromatic carbocycles. The van der Waals surface area contributed by atoms with Gasteiger partial charge in [0, 0.05) is 6.04 Å². The lowest BCUT2D eigenvalue weighted by Crippen LogP contribution is -2.29. The fraction of sp³-hybridized carbons (Fsp3) is 0.500. The summed E-state index contributed by atoms with van der Waals surface area (Å²) in [5.74, 6) is 0.0905. The lowest BCUT2D eigenvalue weighted by molar-refractivity contribution is 0.423. The van der Waals surface area contributed by atoms with E-state index in [9.17, 15) is 4.39 Å². The van der Waals surface area contributed by atoms with Crippen LogP contribution < -0.4 is 5.32 Å². The van der Waals surface area contributed by atoms with Gasteiger partial charge in [-0.25, -0.2) is 4.39 Å². The second kappa shape index (κ2) is 5.47. The Morgan fingerprint density at radius 2 is 2.07 bits per heavy atom. The average Bonchev–Trinajstić information content (AvgIpc) is 2.23. The molecular formula is C12H17ClFN. The second-order valence-electron chi connectivity index (χ2n) is 3.97. The summed E-state index contributed by atoms with van der Waals surface area (Å²) in [6.45, 7) is 4.24. The number of hydrogen-bond donors (Lipinski definition) is 1. The number of hydrogen-bond acceptors (Lipinski definition) is 1. The molecule has 0 amide bonds. The van der Waals surface area contributed by atoms with Crippen molar-refractivity contribution in [1.29, 1.82) is 0 Å². The van der Waals surface area contributed by atoms with E-state index in [1.165, 1.54) is 6.07 Å². The minimum Gasteiger partial charge on any atom is -0.317 e. The van der Waals surface area contributed by atoms with E-state index in [0.29, 0.717) is 12.0 Å².